The second-order valence-corrected chi connectivity index (χ2v) is 10.8. The third-order valence-electron chi connectivity index (χ3n) is 4.12. The number of rotatable bonds is 9. The van der Waals surface area contributed by atoms with Crippen LogP contribution in [0.2, 0.25) is 0 Å². The molecule has 21 heteroatoms. The lowest BCUT2D eigenvalue weighted by Gasteiger charge is -2.19. The number of hydrogen-bond donors (Lipinski definition) is 7. The lowest BCUT2D eigenvalue weighted by molar-refractivity contribution is -0.0505. The number of phosphoric ester groups is 1. The summed E-state index contributed by atoms with van der Waals surface area (Å²) >= 11 is 0. The third kappa shape index (κ3) is 5.90. The topological polar surface area (TPSA) is 279 Å². The number of anilines is 1. The van der Waals surface area contributed by atoms with Gasteiger partial charge in [0.05, 0.1) is 6.61 Å². The minimum atomic E-state index is -5.72. The summed E-state index contributed by atoms with van der Waals surface area (Å²) in [4.78, 5) is 47.7. The molecule has 1 aliphatic rings. The summed E-state index contributed by atoms with van der Waals surface area (Å²) in [5, 5.41) is 20.7. The van der Waals surface area contributed by atoms with Gasteiger partial charge < -0.3 is 40.3 Å². The molecule has 2 aromatic rings. The minimum Gasteiger partial charge on any atom is -0.387 e. The highest BCUT2D eigenvalue weighted by atomic mass is 31.3. The van der Waals surface area contributed by atoms with E-state index in [9.17, 15) is 28.8 Å². The molecule has 184 valence electrons. The molecule has 0 radical (unpaired) electrons. The van der Waals surface area contributed by atoms with Crippen molar-refractivity contribution in [2.45, 2.75) is 24.5 Å². The van der Waals surface area contributed by atoms with Gasteiger partial charge in [0.15, 0.2) is 23.2 Å². The van der Waals surface area contributed by atoms with Crippen LogP contribution in [0.3, 0.4) is 0 Å². The lowest BCUT2D eigenvalue weighted by atomic mass is 10.1. The summed E-state index contributed by atoms with van der Waals surface area (Å²) < 4.78 is 52.3. The normalized spacial score (nSPS) is 27.3. The molecular weight excluding hydrogens is 515 g/mol. The second kappa shape index (κ2) is 9.20. The Kier molecular flexibility index (Phi) is 7.25. The molecule has 0 bridgehead atoms. The van der Waals surface area contributed by atoms with Gasteiger partial charge in [0.25, 0.3) is 0 Å². The van der Waals surface area contributed by atoms with E-state index >= 15 is 0 Å². The van der Waals surface area contributed by atoms with Crippen molar-refractivity contribution in [2.75, 3.05) is 12.3 Å². The van der Waals surface area contributed by atoms with Gasteiger partial charge in [-0.15, -0.1) is 0 Å². The van der Waals surface area contributed by atoms with Gasteiger partial charge >= 0.3 is 23.5 Å². The van der Waals surface area contributed by atoms with E-state index in [0.29, 0.717) is 0 Å². The molecule has 0 amide bonds. The van der Waals surface area contributed by atoms with Gasteiger partial charge in [0.2, 0.25) is 0 Å². The maximum Gasteiger partial charge on any atom is 0.490 e. The number of fused-ring (bicyclic) bond motifs is 1. The molecule has 2 unspecified atom stereocenters. The van der Waals surface area contributed by atoms with Crippen molar-refractivity contribution in [3.8, 4) is 0 Å². The molecule has 1 fully saturated rings. The zero-order valence-electron chi connectivity index (χ0n) is 16.1. The van der Waals surface area contributed by atoms with Gasteiger partial charge in [0.1, 0.15) is 30.5 Å². The summed E-state index contributed by atoms with van der Waals surface area (Å²) in [6, 6.07) is 0. The third-order valence-corrected chi connectivity index (χ3v) is 7.93. The highest BCUT2D eigenvalue weighted by molar-refractivity contribution is 7.66. The maximum atomic E-state index is 11.9. The molecular formula is C12H18N5O13P3. The molecule has 6 atom stereocenters. The Morgan fingerprint density at radius 3 is 2.39 bits per heavy atom. The number of nitrogens with zero attached hydrogens (tertiary/aromatic N) is 4. The SMILES string of the molecule is C=Cc1nc2c(N)ncnc2n1[C@@H]1O[C@H](COP(=O)(O)OP(=O)(O)OP(=O)(O)O)[C@@H](O)[C@H]1O. The fraction of sp³-hybridized carbons (Fsp3) is 0.417. The van der Waals surface area contributed by atoms with Crippen molar-refractivity contribution in [3.63, 3.8) is 0 Å². The number of aliphatic hydroxyl groups is 2. The molecule has 3 heterocycles. The van der Waals surface area contributed by atoms with Gasteiger partial charge in [-0.05, 0) is 6.08 Å². The smallest absolute Gasteiger partial charge is 0.387 e. The van der Waals surface area contributed by atoms with Crippen LogP contribution in [-0.2, 0) is 31.6 Å². The van der Waals surface area contributed by atoms with Gasteiger partial charge in [-0.3, -0.25) is 9.09 Å². The van der Waals surface area contributed by atoms with Crippen molar-refractivity contribution >= 4 is 46.5 Å². The highest BCUT2D eigenvalue weighted by Gasteiger charge is 2.47. The largest absolute Gasteiger partial charge is 0.490 e. The van der Waals surface area contributed by atoms with Crippen LogP contribution < -0.4 is 5.73 Å². The summed E-state index contributed by atoms with van der Waals surface area (Å²) in [5.74, 6) is 0.140. The predicted octanol–water partition coefficient (Wildman–Crippen LogP) is -0.986. The molecule has 3 rings (SSSR count). The van der Waals surface area contributed by atoms with E-state index in [-0.39, 0.29) is 22.8 Å². The molecule has 1 saturated heterocycles. The fourth-order valence-electron chi connectivity index (χ4n) is 2.89. The van der Waals surface area contributed by atoms with Crippen molar-refractivity contribution < 1.29 is 61.4 Å². The Bertz CT molecular complexity index is 1200. The first kappa shape index (κ1) is 26.0. The number of imidazole rings is 1. The van der Waals surface area contributed by atoms with Crippen molar-refractivity contribution in [2.24, 2.45) is 0 Å². The quantitative estimate of drug-likeness (QED) is 0.191. The number of nitrogens with two attached hydrogens (primary N) is 1. The number of hydrogen-bond acceptors (Lipinski definition) is 13. The summed E-state index contributed by atoms with van der Waals surface area (Å²) in [6.07, 6.45) is -3.81. The molecule has 0 saturated carbocycles. The number of aliphatic hydroxyl groups excluding tert-OH is 2. The molecule has 0 aliphatic carbocycles. The molecule has 2 aromatic heterocycles. The molecule has 8 N–H and O–H groups in total. The van der Waals surface area contributed by atoms with E-state index < -0.39 is 54.6 Å². The molecule has 0 spiro atoms. The van der Waals surface area contributed by atoms with Gasteiger partial charge in [-0.25, -0.2) is 28.6 Å². The Morgan fingerprint density at radius 2 is 1.79 bits per heavy atom. The second-order valence-electron chi connectivity index (χ2n) is 6.41. The number of aromatic nitrogens is 4. The predicted molar refractivity (Wildman–Crippen MR) is 106 cm³/mol. The zero-order valence-corrected chi connectivity index (χ0v) is 18.8. The van der Waals surface area contributed by atoms with Gasteiger partial charge in [-0.2, -0.15) is 8.62 Å². The Labute approximate surface area is 183 Å². The Morgan fingerprint density at radius 1 is 1.12 bits per heavy atom. The highest BCUT2D eigenvalue weighted by Crippen LogP contribution is 2.66. The Balaban J connectivity index is 1.77. The first-order valence-electron chi connectivity index (χ1n) is 8.55. The fourth-order valence-corrected chi connectivity index (χ4v) is 5.92. The summed E-state index contributed by atoms with van der Waals surface area (Å²) in [5.41, 5.74) is 6.02. The lowest BCUT2D eigenvalue weighted by Crippen LogP contribution is -2.33. The molecule has 33 heavy (non-hydrogen) atoms. The molecule has 0 aromatic carbocycles. The van der Waals surface area contributed by atoms with E-state index in [2.05, 4.69) is 34.7 Å². The number of nitrogen functional groups attached to an aromatic ring is 1. The van der Waals surface area contributed by atoms with Gasteiger partial charge in [-0.1, -0.05) is 6.58 Å². The van der Waals surface area contributed by atoms with E-state index in [1.54, 1.807) is 0 Å². The Hall–Kier alpha value is -1.62. The van der Waals surface area contributed by atoms with Crippen LogP contribution in [0.15, 0.2) is 12.9 Å². The summed E-state index contributed by atoms with van der Waals surface area (Å²) in [6.45, 7) is 2.60. The van der Waals surface area contributed by atoms with E-state index in [4.69, 9.17) is 25.2 Å². The van der Waals surface area contributed by atoms with Gasteiger partial charge in [0, 0.05) is 0 Å². The van der Waals surface area contributed by atoms with Crippen molar-refractivity contribution in [1.29, 1.82) is 0 Å². The van der Waals surface area contributed by atoms with Crippen molar-refractivity contribution in [1.82, 2.24) is 19.5 Å². The van der Waals surface area contributed by atoms with Crippen LogP contribution in [0.5, 0.6) is 0 Å². The summed E-state index contributed by atoms with van der Waals surface area (Å²) in [7, 11) is -16.7. The van der Waals surface area contributed by atoms with Crippen molar-refractivity contribution in [3.05, 3.63) is 18.7 Å². The van der Waals surface area contributed by atoms with Crippen LogP contribution in [0.4, 0.5) is 5.82 Å². The number of ether oxygens (including phenoxy) is 1. The average molecular weight is 533 g/mol. The minimum absolute atomic E-state index is 0.0131. The average Bonchev–Trinajstić information content (AvgIpc) is 3.16. The first-order chi connectivity index (χ1) is 15.1. The molecule has 1 aliphatic heterocycles. The zero-order chi connectivity index (χ0) is 24.8. The van der Waals surface area contributed by atoms with E-state index in [0.717, 1.165) is 6.33 Å². The van der Waals surface area contributed by atoms with Crippen LogP contribution >= 0.6 is 23.5 Å². The molecule has 18 nitrogen and oxygen atoms in total. The van der Waals surface area contributed by atoms with Crippen LogP contribution in [0.25, 0.3) is 17.2 Å². The monoisotopic (exact) mass is 533 g/mol. The van der Waals surface area contributed by atoms with E-state index in [1.165, 1.54) is 10.6 Å². The van der Waals surface area contributed by atoms with Crippen LogP contribution in [0.1, 0.15) is 12.1 Å². The van der Waals surface area contributed by atoms with E-state index in [1.807, 2.05) is 0 Å². The van der Waals surface area contributed by atoms with Crippen LogP contribution in [0, 0.1) is 0 Å². The van der Waals surface area contributed by atoms with Crippen LogP contribution in [-0.4, -0.2) is 74.2 Å². The first-order valence-corrected chi connectivity index (χ1v) is 13.1. The number of phosphoric acid groups is 3. The maximum absolute atomic E-state index is 11.9. The standard InChI is InChI=1S/C12H18N5O13P3/c1-2-6-16-7-10(13)14-4-15-11(7)17(6)12-9(19)8(18)5(28-12)3-27-32(23,24)30-33(25,26)29-31(20,21)22/h2,4-5,8-9,12,18-19H,1,3H2,(H,23,24)(H,25,26)(H2,13,14,15)(H2,20,21,22)/t5-,8-,9-,12-/m1/s1.